The molecular formula is C53H53F2N9O7. The number of halogens is 2. The molecule has 4 aliphatic rings. The number of piperidine rings is 1. The molecule has 366 valence electrons. The van der Waals surface area contributed by atoms with Gasteiger partial charge in [-0.3, -0.25) is 44.2 Å². The Kier molecular flexibility index (Phi) is 13.5. The van der Waals surface area contributed by atoms with Crippen molar-refractivity contribution in [2.75, 3.05) is 80.0 Å². The summed E-state index contributed by atoms with van der Waals surface area (Å²) in [4.78, 5) is 74.2. The van der Waals surface area contributed by atoms with Crippen molar-refractivity contribution in [2.45, 2.75) is 50.7 Å². The Balaban J connectivity index is 0.850. The number of nitrogens with zero attached hydrogens (tertiary/aromatic N) is 5. The third kappa shape index (κ3) is 10.2. The summed E-state index contributed by atoms with van der Waals surface area (Å²) in [6.45, 7) is 5.81. The van der Waals surface area contributed by atoms with Crippen LogP contribution in [0.3, 0.4) is 0 Å². The molecule has 6 aromatic rings. The molecule has 10 rings (SSSR count). The number of carbonyl (C=O) groups is 5. The van der Waals surface area contributed by atoms with Crippen molar-refractivity contribution >= 4 is 63.3 Å². The molecule has 16 nitrogen and oxygen atoms in total. The lowest BCUT2D eigenvalue weighted by Crippen LogP contribution is -2.54. The van der Waals surface area contributed by atoms with Crippen LogP contribution in [-0.4, -0.2) is 121 Å². The molecule has 5 amide bonds. The molecule has 71 heavy (non-hydrogen) atoms. The number of rotatable bonds is 15. The number of hydrogen-bond donors (Lipinski definition) is 4. The minimum Gasteiger partial charge on any atom is -0.497 e. The fourth-order valence-corrected chi connectivity index (χ4v) is 9.96. The second-order valence-electron chi connectivity index (χ2n) is 18.4. The number of para-hydroxylation sites is 1. The van der Waals surface area contributed by atoms with Gasteiger partial charge in [0, 0.05) is 88.6 Å². The molecule has 3 fully saturated rings. The van der Waals surface area contributed by atoms with Crippen LogP contribution in [0.1, 0.15) is 73.4 Å². The molecule has 0 saturated carbocycles. The predicted octanol–water partition coefficient (Wildman–Crippen LogP) is 6.51. The molecular weight excluding hydrogens is 913 g/mol. The van der Waals surface area contributed by atoms with E-state index in [-0.39, 0.29) is 42.3 Å². The first kappa shape index (κ1) is 47.0. The number of imide groups is 2. The number of piperazine rings is 1. The van der Waals surface area contributed by atoms with E-state index in [4.69, 9.17) is 9.47 Å². The number of anilines is 4. The number of ether oxygens (including phenoxy) is 2. The fourth-order valence-electron chi connectivity index (χ4n) is 9.96. The van der Waals surface area contributed by atoms with E-state index < -0.39 is 41.3 Å². The molecule has 0 aliphatic carbocycles. The van der Waals surface area contributed by atoms with Gasteiger partial charge < -0.3 is 29.9 Å². The van der Waals surface area contributed by atoms with E-state index in [1.165, 1.54) is 12.1 Å². The molecule has 4 aliphatic heterocycles. The molecule has 1 unspecified atom stereocenters. The van der Waals surface area contributed by atoms with Crippen LogP contribution < -0.4 is 30.5 Å². The highest BCUT2D eigenvalue weighted by molar-refractivity contribution is 6.23. The number of methoxy groups -OCH3 is 1. The first-order valence-corrected chi connectivity index (χ1v) is 23.9. The average Bonchev–Trinajstić information content (AvgIpc) is 3.88. The van der Waals surface area contributed by atoms with Gasteiger partial charge in [-0.05, 0) is 109 Å². The topological polar surface area (TPSA) is 182 Å². The molecule has 5 aromatic carbocycles. The van der Waals surface area contributed by atoms with Crippen molar-refractivity contribution in [1.29, 1.82) is 0 Å². The molecule has 1 aromatic heterocycles. The first-order valence-electron chi connectivity index (χ1n) is 23.9. The van der Waals surface area contributed by atoms with Crippen LogP contribution in [0.2, 0.25) is 0 Å². The molecule has 1 atom stereocenters. The number of H-pyrrole nitrogens is 1. The third-order valence-electron chi connectivity index (χ3n) is 13.8. The lowest BCUT2D eigenvalue weighted by Gasteiger charge is -2.39. The Morgan fingerprint density at radius 2 is 1.58 bits per heavy atom. The summed E-state index contributed by atoms with van der Waals surface area (Å²) in [5.41, 5.74) is 6.27. The maximum Gasteiger partial charge on any atom is 0.262 e. The Bertz CT molecular complexity index is 3000. The van der Waals surface area contributed by atoms with Gasteiger partial charge in [0.05, 0.1) is 40.7 Å². The van der Waals surface area contributed by atoms with E-state index >= 15 is 0 Å². The number of aromatic amines is 1. The fraction of sp³-hybridized carbons (Fsp3) is 0.321. The minimum absolute atomic E-state index is 0.0393. The molecule has 0 spiro atoms. The molecule has 5 heterocycles. The Labute approximate surface area is 408 Å². The van der Waals surface area contributed by atoms with Gasteiger partial charge in [-0.25, -0.2) is 8.78 Å². The second-order valence-corrected chi connectivity index (χ2v) is 18.4. The number of amides is 5. The summed E-state index contributed by atoms with van der Waals surface area (Å²) in [5, 5.41) is 17.1. The van der Waals surface area contributed by atoms with Crippen LogP contribution in [0, 0.1) is 11.6 Å². The van der Waals surface area contributed by atoms with Gasteiger partial charge in [-0.1, -0.05) is 24.3 Å². The van der Waals surface area contributed by atoms with Gasteiger partial charge in [0.15, 0.2) is 5.82 Å². The van der Waals surface area contributed by atoms with Crippen LogP contribution in [-0.2, 0) is 27.3 Å². The van der Waals surface area contributed by atoms with Crippen molar-refractivity contribution in [2.24, 2.45) is 0 Å². The predicted molar refractivity (Wildman–Crippen MR) is 263 cm³/mol. The van der Waals surface area contributed by atoms with E-state index in [1.807, 2.05) is 66.7 Å². The lowest BCUT2D eigenvalue weighted by atomic mass is 10.0. The third-order valence-corrected chi connectivity index (χ3v) is 13.8. The van der Waals surface area contributed by atoms with Gasteiger partial charge in [0.25, 0.3) is 17.7 Å². The lowest BCUT2D eigenvalue weighted by molar-refractivity contribution is -0.136. The minimum atomic E-state index is -1.06. The van der Waals surface area contributed by atoms with E-state index in [0.29, 0.717) is 73.8 Å². The Morgan fingerprint density at radius 1 is 0.831 bits per heavy atom. The monoisotopic (exact) mass is 965 g/mol. The number of hydrogen-bond acceptors (Lipinski definition) is 12. The summed E-state index contributed by atoms with van der Waals surface area (Å²) >= 11 is 0. The Morgan fingerprint density at radius 3 is 2.32 bits per heavy atom. The van der Waals surface area contributed by atoms with Crippen LogP contribution in [0.15, 0.2) is 97.1 Å². The number of fused-ring (bicyclic) bond motifs is 2. The zero-order valence-corrected chi connectivity index (χ0v) is 39.1. The highest BCUT2D eigenvalue weighted by Crippen LogP contribution is 2.35. The van der Waals surface area contributed by atoms with Gasteiger partial charge >= 0.3 is 0 Å². The second kappa shape index (κ2) is 20.3. The van der Waals surface area contributed by atoms with Crippen molar-refractivity contribution in [3.8, 4) is 5.75 Å². The SMILES string of the molecule is COc1ccc(CN(CCN2CCN(c3cccc(C(=O)Nc4n[nH]c5ccc(Cc6cc(F)cc(F)c6)cc45)c3NC3CCOCC3)CC2)c2ccc3c(c2)C(=O)N(C2CCC(=O)NC2=O)C3=O)cc1. The van der Waals surface area contributed by atoms with Gasteiger partial charge in [-0.15, -0.1) is 0 Å². The van der Waals surface area contributed by atoms with Crippen molar-refractivity contribution < 1.29 is 42.2 Å². The normalized spacial score (nSPS) is 17.6. The zero-order chi connectivity index (χ0) is 49.2. The van der Waals surface area contributed by atoms with Gasteiger partial charge in [-0.2, -0.15) is 5.10 Å². The van der Waals surface area contributed by atoms with Gasteiger partial charge in [0.2, 0.25) is 11.8 Å². The van der Waals surface area contributed by atoms with E-state index in [2.05, 4.69) is 40.8 Å². The first-order chi connectivity index (χ1) is 34.5. The summed E-state index contributed by atoms with van der Waals surface area (Å²) in [5.74, 6) is -2.77. The smallest absolute Gasteiger partial charge is 0.262 e. The van der Waals surface area contributed by atoms with E-state index in [1.54, 1.807) is 19.2 Å². The van der Waals surface area contributed by atoms with E-state index in [0.717, 1.165) is 70.8 Å². The number of carbonyl (C=O) groups excluding carboxylic acids is 5. The molecule has 0 radical (unpaired) electrons. The standard InChI is InChI=1S/C53H53F2N9O7/c1-70-39-9-5-32(6-10-39)31-63(38-8-11-40-42(30-38)53(69)64(52(40)68)46-13-14-47(65)57-51(46)67)22-19-61-17-20-62(21-18-61)45-4-2-3-41(48(45)56-37-15-23-71-24-16-37)50(66)58-49-43-28-33(7-12-44(43)59-60-49)25-34-26-35(54)29-36(55)27-34/h2-12,26-30,37,46,56H,13-25,31H2,1H3,(H,57,65,67)(H2,58,59,60,66). The average molecular weight is 966 g/mol. The molecule has 4 N–H and O–H groups in total. The quantitative estimate of drug-likeness (QED) is 0.0821. The summed E-state index contributed by atoms with van der Waals surface area (Å²) in [6.07, 6.45) is 1.97. The largest absolute Gasteiger partial charge is 0.497 e. The van der Waals surface area contributed by atoms with Crippen LogP contribution in [0.4, 0.5) is 31.7 Å². The number of aromatic nitrogens is 2. The molecule has 0 bridgehead atoms. The van der Waals surface area contributed by atoms with E-state index in [9.17, 15) is 32.8 Å². The highest BCUT2D eigenvalue weighted by Gasteiger charge is 2.45. The van der Waals surface area contributed by atoms with Crippen LogP contribution in [0.5, 0.6) is 5.75 Å². The van der Waals surface area contributed by atoms with Crippen LogP contribution >= 0.6 is 0 Å². The van der Waals surface area contributed by atoms with Crippen LogP contribution in [0.25, 0.3) is 10.9 Å². The molecule has 18 heteroatoms. The number of benzene rings is 5. The zero-order valence-electron chi connectivity index (χ0n) is 39.1. The molecule has 3 saturated heterocycles. The summed E-state index contributed by atoms with van der Waals surface area (Å²) in [6, 6.07) is 26.8. The Hall–Kier alpha value is -7.70. The van der Waals surface area contributed by atoms with Gasteiger partial charge in [0.1, 0.15) is 23.4 Å². The van der Waals surface area contributed by atoms with Crippen molar-refractivity contribution in [3.63, 3.8) is 0 Å². The van der Waals surface area contributed by atoms with Crippen molar-refractivity contribution in [1.82, 2.24) is 25.3 Å². The maximum absolute atomic E-state index is 14.4. The highest BCUT2D eigenvalue weighted by atomic mass is 19.1. The summed E-state index contributed by atoms with van der Waals surface area (Å²) < 4.78 is 39.1. The number of nitrogens with one attached hydrogen (secondary N) is 4. The maximum atomic E-state index is 14.4. The van der Waals surface area contributed by atoms with Crippen molar-refractivity contribution in [3.05, 3.63) is 142 Å². The summed E-state index contributed by atoms with van der Waals surface area (Å²) in [7, 11) is 1.62.